The van der Waals surface area contributed by atoms with Gasteiger partial charge < -0.3 is 10.5 Å². The van der Waals surface area contributed by atoms with Gasteiger partial charge in [-0.05, 0) is 59.7 Å². The first-order chi connectivity index (χ1) is 17.3. The zero-order chi connectivity index (χ0) is 25.7. The number of nitrogens with two attached hydrogens (primary N) is 1. The summed E-state index contributed by atoms with van der Waals surface area (Å²) in [5.74, 6) is -0.0277. The Morgan fingerprint density at radius 2 is 1.81 bits per heavy atom. The van der Waals surface area contributed by atoms with Gasteiger partial charge in [-0.25, -0.2) is 9.19 Å². The number of carbonyl (C=O) groups is 1. The van der Waals surface area contributed by atoms with Crippen LogP contribution in [0, 0.1) is 0 Å². The first-order valence-corrected chi connectivity index (χ1v) is 13.3. The number of hydrogen-bond donors (Lipinski definition) is 1. The molecule has 0 spiro atoms. The minimum absolute atomic E-state index is 0.0301. The maximum absolute atomic E-state index is 12.8. The van der Waals surface area contributed by atoms with E-state index >= 15 is 0 Å². The summed E-state index contributed by atoms with van der Waals surface area (Å²) in [6, 6.07) is 16.4. The third-order valence-corrected chi connectivity index (χ3v) is 5.79. The molecule has 1 aromatic carbocycles. The lowest BCUT2D eigenvalue weighted by molar-refractivity contribution is 0.0996. The molecule has 3 aromatic heterocycles. The van der Waals surface area contributed by atoms with Crippen LogP contribution in [0.2, 0.25) is 0 Å². The maximum Gasteiger partial charge on any atom is 0.304 e. The molecule has 36 heavy (non-hydrogen) atoms. The molecule has 0 saturated heterocycles. The number of rotatable bonds is 7. The van der Waals surface area contributed by atoms with Crippen LogP contribution in [0.3, 0.4) is 0 Å². The average Bonchev–Trinajstić information content (AvgIpc) is 3.24. The fourth-order valence-electron chi connectivity index (χ4n) is 3.61. The Morgan fingerprint density at radius 1 is 1.08 bits per heavy atom. The molecule has 184 valence electrons. The van der Waals surface area contributed by atoms with Crippen LogP contribution in [-0.2, 0) is 16.3 Å². The van der Waals surface area contributed by atoms with Crippen molar-refractivity contribution in [1.29, 1.82) is 0 Å². The van der Waals surface area contributed by atoms with Crippen LogP contribution >= 0.6 is 0 Å². The number of pyridine rings is 2. The highest BCUT2D eigenvalue weighted by Crippen LogP contribution is 2.24. The van der Waals surface area contributed by atoms with E-state index in [9.17, 15) is 9.00 Å². The fraction of sp³-hybridized carbons (Fsp3) is 0.154. The van der Waals surface area contributed by atoms with Gasteiger partial charge in [-0.2, -0.15) is 4.36 Å². The van der Waals surface area contributed by atoms with Crippen molar-refractivity contribution in [3.63, 3.8) is 0 Å². The largest absolute Gasteiger partial charge is 0.487 e. The highest BCUT2D eigenvalue weighted by atomic mass is 32.2. The minimum atomic E-state index is -2.63. The molecule has 0 aliphatic carbocycles. The van der Waals surface area contributed by atoms with E-state index in [0.29, 0.717) is 22.8 Å². The number of imidazole rings is 1. The van der Waals surface area contributed by atoms with Gasteiger partial charge in [0.05, 0.1) is 0 Å². The summed E-state index contributed by atoms with van der Waals surface area (Å²) in [5.41, 5.74) is 10.7. The van der Waals surface area contributed by atoms with Gasteiger partial charge in [-0.3, -0.25) is 19.2 Å². The van der Waals surface area contributed by atoms with Crippen molar-refractivity contribution in [2.45, 2.75) is 6.61 Å². The van der Waals surface area contributed by atoms with E-state index in [4.69, 9.17) is 10.5 Å². The molecular weight excluding hydrogens is 476 g/mol. The van der Waals surface area contributed by atoms with Gasteiger partial charge in [-0.1, -0.05) is 6.07 Å². The minimum Gasteiger partial charge on any atom is -0.487 e. The van der Waals surface area contributed by atoms with Crippen LogP contribution in [0.1, 0.15) is 27.3 Å². The SMILES string of the molecule is CN=C/C(=C(\N)c1ccc(OCc2nc3ccccn3c2C(=O)N=S(C)(C)=O)cc1)c1ccncc1. The molecule has 0 aliphatic rings. The summed E-state index contributed by atoms with van der Waals surface area (Å²) >= 11 is 0. The molecule has 2 N–H and O–H groups in total. The van der Waals surface area contributed by atoms with E-state index in [-0.39, 0.29) is 12.3 Å². The number of aliphatic imine (C=N–C) groups is 1. The molecule has 9 nitrogen and oxygen atoms in total. The second kappa shape index (κ2) is 10.5. The molecule has 4 aromatic rings. The van der Waals surface area contributed by atoms with Crippen LogP contribution in [0.5, 0.6) is 5.75 Å². The topological polar surface area (TPSA) is 124 Å². The lowest BCUT2D eigenvalue weighted by atomic mass is 10.0. The van der Waals surface area contributed by atoms with Crippen molar-refractivity contribution >= 4 is 38.8 Å². The Balaban J connectivity index is 1.60. The summed E-state index contributed by atoms with van der Waals surface area (Å²) in [6.45, 7) is 0.0301. The van der Waals surface area contributed by atoms with Crippen molar-refractivity contribution in [1.82, 2.24) is 14.4 Å². The number of nitrogens with zero attached hydrogens (tertiary/aromatic N) is 5. The van der Waals surface area contributed by atoms with Crippen molar-refractivity contribution < 1.29 is 13.7 Å². The molecule has 1 amide bonds. The van der Waals surface area contributed by atoms with Gasteiger partial charge in [0, 0.05) is 65.4 Å². The maximum atomic E-state index is 12.8. The zero-order valence-electron chi connectivity index (χ0n) is 20.2. The second-order valence-electron chi connectivity index (χ2n) is 8.18. The summed E-state index contributed by atoms with van der Waals surface area (Å²) in [6.07, 6.45) is 9.66. The summed E-state index contributed by atoms with van der Waals surface area (Å²) in [4.78, 5) is 25.5. The predicted molar refractivity (Wildman–Crippen MR) is 142 cm³/mol. The van der Waals surface area contributed by atoms with Crippen LogP contribution in [0.15, 0.2) is 82.5 Å². The predicted octanol–water partition coefficient (Wildman–Crippen LogP) is 3.70. The van der Waals surface area contributed by atoms with Crippen LogP contribution < -0.4 is 10.5 Å². The van der Waals surface area contributed by atoms with Crippen LogP contribution in [0.25, 0.3) is 16.9 Å². The first kappa shape index (κ1) is 24.8. The standard InChI is InChI=1S/C26H26N6O3S/c1-28-16-21(18-11-13-29-14-12-18)24(27)19-7-9-20(10-8-19)35-17-22-25(26(33)31-36(2,3)34)32-15-5-4-6-23(32)30-22/h4-16H,17,27H2,1-3H3/b24-21+,28-16?. The number of hydrogen-bond acceptors (Lipinski definition) is 7. The molecule has 10 heteroatoms. The summed E-state index contributed by atoms with van der Waals surface area (Å²) in [5, 5.41) is 0. The third kappa shape index (κ3) is 5.66. The second-order valence-corrected chi connectivity index (χ2v) is 10.7. The number of aromatic nitrogens is 3. The Bertz CT molecular complexity index is 1570. The average molecular weight is 503 g/mol. The van der Waals surface area contributed by atoms with E-state index in [2.05, 4.69) is 19.3 Å². The first-order valence-electron chi connectivity index (χ1n) is 11.0. The van der Waals surface area contributed by atoms with Gasteiger partial charge in [0.25, 0.3) is 0 Å². The van der Waals surface area contributed by atoms with Crippen LogP contribution in [-0.4, -0.2) is 50.3 Å². The molecule has 3 heterocycles. The van der Waals surface area contributed by atoms with E-state index in [1.165, 1.54) is 12.5 Å². The lowest BCUT2D eigenvalue weighted by Gasteiger charge is -2.10. The smallest absolute Gasteiger partial charge is 0.304 e. The highest BCUT2D eigenvalue weighted by molar-refractivity contribution is 7.92. The van der Waals surface area contributed by atoms with Gasteiger partial charge in [0.2, 0.25) is 0 Å². The number of allylic oxidation sites excluding steroid dienone is 1. The third-order valence-electron chi connectivity index (χ3n) is 5.19. The van der Waals surface area contributed by atoms with Crippen molar-refractivity contribution in [3.05, 3.63) is 95.7 Å². The molecule has 0 bridgehead atoms. The normalized spacial score (nSPS) is 12.5. The van der Waals surface area contributed by atoms with Gasteiger partial charge >= 0.3 is 5.91 Å². The Labute approximate surface area is 209 Å². The zero-order valence-corrected chi connectivity index (χ0v) is 21.0. The molecule has 0 fully saturated rings. The molecule has 0 atom stereocenters. The van der Waals surface area contributed by atoms with Gasteiger partial charge in [0.15, 0.2) is 0 Å². The summed E-state index contributed by atoms with van der Waals surface area (Å²) < 4.78 is 23.5. The van der Waals surface area contributed by atoms with Gasteiger partial charge in [-0.15, -0.1) is 0 Å². The quantitative estimate of drug-likeness (QED) is 0.384. The number of amides is 1. The highest BCUT2D eigenvalue weighted by Gasteiger charge is 2.20. The van der Waals surface area contributed by atoms with Crippen molar-refractivity contribution in [3.8, 4) is 5.75 Å². The van der Waals surface area contributed by atoms with Gasteiger partial charge in [0.1, 0.15) is 29.4 Å². The molecule has 0 aliphatic heterocycles. The monoisotopic (exact) mass is 502 g/mol. The summed E-state index contributed by atoms with van der Waals surface area (Å²) in [7, 11) is -0.941. The fourth-order valence-corrected chi connectivity index (χ4v) is 4.10. The van der Waals surface area contributed by atoms with Crippen LogP contribution in [0.4, 0.5) is 0 Å². The molecule has 0 radical (unpaired) electrons. The molecule has 4 rings (SSSR count). The van der Waals surface area contributed by atoms with E-state index in [1.807, 2.05) is 30.3 Å². The molecule has 0 unspecified atom stereocenters. The number of fused-ring (bicyclic) bond motifs is 1. The number of benzene rings is 1. The van der Waals surface area contributed by atoms with E-state index in [0.717, 1.165) is 16.7 Å². The Morgan fingerprint density at radius 3 is 2.47 bits per heavy atom. The molecule has 0 saturated carbocycles. The van der Waals surface area contributed by atoms with Crippen molar-refractivity contribution in [2.24, 2.45) is 15.1 Å². The van der Waals surface area contributed by atoms with Crippen molar-refractivity contribution in [2.75, 3.05) is 19.6 Å². The van der Waals surface area contributed by atoms with E-state index < -0.39 is 15.6 Å². The lowest BCUT2D eigenvalue weighted by Crippen LogP contribution is -2.09. The Kier molecular flexibility index (Phi) is 7.25. The number of ether oxygens (including phenoxy) is 1. The number of carbonyl (C=O) groups excluding carboxylic acids is 1. The Hall–Kier alpha value is -4.31. The van der Waals surface area contributed by atoms with E-state index in [1.54, 1.807) is 60.5 Å². The molecular formula is C26H26N6O3S.